The summed E-state index contributed by atoms with van der Waals surface area (Å²) in [6, 6.07) is 11.5. The lowest BCUT2D eigenvalue weighted by Crippen LogP contribution is -2.37. The highest BCUT2D eigenvalue weighted by atomic mass is 35.5. The van der Waals surface area contributed by atoms with Crippen LogP contribution in [0, 0.1) is 0 Å². The van der Waals surface area contributed by atoms with Crippen molar-refractivity contribution < 1.29 is 4.79 Å². The van der Waals surface area contributed by atoms with Crippen molar-refractivity contribution in [3.63, 3.8) is 0 Å². The molecule has 2 heterocycles. The van der Waals surface area contributed by atoms with Gasteiger partial charge in [-0.2, -0.15) is 0 Å². The summed E-state index contributed by atoms with van der Waals surface area (Å²) in [6.07, 6.45) is 6.45. The van der Waals surface area contributed by atoms with Crippen LogP contribution in [-0.2, 0) is 17.8 Å². The summed E-state index contributed by atoms with van der Waals surface area (Å²) in [5.74, 6) is 0.182. The van der Waals surface area contributed by atoms with Gasteiger partial charge in [-0.25, -0.2) is 0 Å². The van der Waals surface area contributed by atoms with E-state index in [0.29, 0.717) is 23.0 Å². The summed E-state index contributed by atoms with van der Waals surface area (Å²) in [4.78, 5) is 21.6. The summed E-state index contributed by atoms with van der Waals surface area (Å²) < 4.78 is 0. The molecule has 0 radical (unpaired) electrons. The summed E-state index contributed by atoms with van der Waals surface area (Å²) in [7, 11) is 0. The Balaban J connectivity index is 1.58. The highest BCUT2D eigenvalue weighted by Gasteiger charge is 2.18. The van der Waals surface area contributed by atoms with E-state index < -0.39 is 0 Å². The first-order valence-electron chi connectivity index (χ1n) is 9.96. The third-order valence-corrected chi connectivity index (χ3v) is 5.88. The van der Waals surface area contributed by atoms with E-state index in [1.807, 2.05) is 35.2 Å². The number of benzene rings is 1. The number of carbonyl (C=O) groups is 1. The molecular formula is C22H27Cl2N3O. The van der Waals surface area contributed by atoms with Crippen molar-refractivity contribution in [3.8, 4) is 0 Å². The fourth-order valence-electron chi connectivity index (χ4n) is 3.54. The van der Waals surface area contributed by atoms with Gasteiger partial charge in [0, 0.05) is 37.9 Å². The first-order chi connectivity index (χ1) is 13.6. The van der Waals surface area contributed by atoms with Crippen LogP contribution < -0.4 is 0 Å². The van der Waals surface area contributed by atoms with Crippen molar-refractivity contribution in [1.29, 1.82) is 0 Å². The molecule has 4 nitrogen and oxygen atoms in total. The molecule has 0 aliphatic carbocycles. The normalized spacial score (nSPS) is 14.4. The fourth-order valence-corrected chi connectivity index (χ4v) is 3.86. The van der Waals surface area contributed by atoms with E-state index in [1.165, 1.54) is 12.8 Å². The van der Waals surface area contributed by atoms with Gasteiger partial charge < -0.3 is 9.80 Å². The molecule has 6 heteroatoms. The number of nitrogens with zero attached hydrogens (tertiary/aromatic N) is 3. The number of aromatic nitrogens is 1. The Bertz CT molecular complexity index is 764. The van der Waals surface area contributed by atoms with Crippen LogP contribution >= 0.6 is 23.2 Å². The molecule has 0 saturated carbocycles. The largest absolute Gasteiger partial charge is 0.337 e. The van der Waals surface area contributed by atoms with E-state index in [-0.39, 0.29) is 5.91 Å². The minimum absolute atomic E-state index is 0.182. The molecule has 0 atom stereocenters. The lowest BCUT2D eigenvalue weighted by Gasteiger charge is -2.26. The van der Waals surface area contributed by atoms with Gasteiger partial charge >= 0.3 is 0 Å². The molecule has 1 fully saturated rings. The molecule has 0 bridgehead atoms. The number of amides is 1. The lowest BCUT2D eigenvalue weighted by molar-refractivity contribution is -0.132. The van der Waals surface area contributed by atoms with Crippen molar-refractivity contribution in [2.24, 2.45) is 0 Å². The Kier molecular flexibility index (Phi) is 8.13. The molecule has 2 aromatic rings. The van der Waals surface area contributed by atoms with Crippen molar-refractivity contribution >= 4 is 29.1 Å². The van der Waals surface area contributed by atoms with Crippen molar-refractivity contribution in [3.05, 3.63) is 63.9 Å². The molecule has 0 spiro atoms. The Morgan fingerprint density at radius 2 is 1.93 bits per heavy atom. The van der Waals surface area contributed by atoms with E-state index in [0.717, 1.165) is 50.3 Å². The van der Waals surface area contributed by atoms with E-state index in [1.54, 1.807) is 12.3 Å². The third kappa shape index (κ3) is 6.47. The van der Waals surface area contributed by atoms with Crippen LogP contribution in [0.15, 0.2) is 42.6 Å². The second kappa shape index (κ2) is 10.8. The van der Waals surface area contributed by atoms with Crippen molar-refractivity contribution in [1.82, 2.24) is 14.8 Å². The van der Waals surface area contributed by atoms with E-state index in [9.17, 15) is 4.79 Å². The van der Waals surface area contributed by atoms with Gasteiger partial charge in [0.1, 0.15) is 0 Å². The highest BCUT2D eigenvalue weighted by Crippen LogP contribution is 2.23. The molecule has 1 aliphatic rings. The van der Waals surface area contributed by atoms with Crippen LogP contribution in [0.4, 0.5) is 0 Å². The summed E-state index contributed by atoms with van der Waals surface area (Å²) in [6.45, 7) is 4.49. The number of halogens is 2. The van der Waals surface area contributed by atoms with Crippen molar-refractivity contribution in [2.45, 2.75) is 38.6 Å². The van der Waals surface area contributed by atoms with Gasteiger partial charge in [-0.15, -0.1) is 0 Å². The smallest absolute Gasteiger partial charge is 0.222 e. The first-order valence-corrected chi connectivity index (χ1v) is 10.7. The number of pyridine rings is 1. The zero-order valence-electron chi connectivity index (χ0n) is 16.1. The molecule has 1 saturated heterocycles. The molecule has 1 amide bonds. The molecule has 150 valence electrons. The third-order valence-electron chi connectivity index (χ3n) is 5.14. The Labute approximate surface area is 177 Å². The predicted molar refractivity (Wildman–Crippen MR) is 115 cm³/mol. The van der Waals surface area contributed by atoms with Gasteiger partial charge in [0.2, 0.25) is 5.91 Å². The zero-order valence-corrected chi connectivity index (χ0v) is 17.6. The van der Waals surface area contributed by atoms with Crippen LogP contribution in [0.2, 0.25) is 10.0 Å². The summed E-state index contributed by atoms with van der Waals surface area (Å²) in [5.41, 5.74) is 2.04. The molecule has 1 aromatic carbocycles. The fraction of sp³-hybridized carbons (Fsp3) is 0.455. The number of aryl methyl sites for hydroxylation is 1. The molecule has 3 rings (SSSR count). The monoisotopic (exact) mass is 419 g/mol. The number of hydrogen-bond acceptors (Lipinski definition) is 3. The Morgan fingerprint density at radius 1 is 1.11 bits per heavy atom. The number of carbonyl (C=O) groups excluding carboxylic acids is 1. The average molecular weight is 420 g/mol. The minimum Gasteiger partial charge on any atom is -0.337 e. The highest BCUT2D eigenvalue weighted by molar-refractivity contribution is 6.42. The molecule has 1 aliphatic heterocycles. The number of hydrogen-bond donors (Lipinski definition) is 0. The Hall–Kier alpha value is -1.62. The minimum atomic E-state index is 0.182. The SMILES string of the molecule is O=C(CCCc1ccccn1)N(CCN1CCCC1)Cc1ccc(Cl)c(Cl)c1. The number of likely N-dealkylation sites (tertiary alicyclic amines) is 1. The molecule has 0 unspecified atom stereocenters. The van der Waals surface area contributed by atoms with Gasteiger partial charge in [0.15, 0.2) is 0 Å². The molecular weight excluding hydrogens is 393 g/mol. The van der Waals surface area contributed by atoms with Gasteiger partial charge in [0.25, 0.3) is 0 Å². The maximum atomic E-state index is 12.9. The molecule has 0 N–H and O–H groups in total. The van der Waals surface area contributed by atoms with Crippen LogP contribution in [0.5, 0.6) is 0 Å². The second-order valence-electron chi connectivity index (χ2n) is 7.29. The van der Waals surface area contributed by atoms with E-state index >= 15 is 0 Å². The standard InChI is InChI=1S/C22H27Cl2N3O/c23-20-10-9-18(16-21(20)24)17-27(15-14-26-12-3-4-13-26)22(28)8-5-7-19-6-1-2-11-25-19/h1-2,6,9-11,16H,3-5,7-8,12-15,17H2. The van der Waals surface area contributed by atoms with Crippen LogP contribution in [0.3, 0.4) is 0 Å². The van der Waals surface area contributed by atoms with E-state index in [4.69, 9.17) is 23.2 Å². The van der Waals surface area contributed by atoms with Gasteiger partial charge in [-0.1, -0.05) is 35.3 Å². The molecule has 1 aromatic heterocycles. The summed E-state index contributed by atoms with van der Waals surface area (Å²) >= 11 is 12.2. The molecule has 28 heavy (non-hydrogen) atoms. The van der Waals surface area contributed by atoms with Crippen LogP contribution in [0.25, 0.3) is 0 Å². The number of rotatable bonds is 9. The Morgan fingerprint density at radius 3 is 2.64 bits per heavy atom. The maximum absolute atomic E-state index is 12.9. The summed E-state index contributed by atoms with van der Waals surface area (Å²) in [5, 5.41) is 1.07. The zero-order chi connectivity index (χ0) is 19.8. The second-order valence-corrected chi connectivity index (χ2v) is 8.10. The van der Waals surface area contributed by atoms with Crippen molar-refractivity contribution in [2.75, 3.05) is 26.2 Å². The van der Waals surface area contributed by atoms with Gasteiger partial charge in [-0.05, 0) is 68.6 Å². The van der Waals surface area contributed by atoms with E-state index in [2.05, 4.69) is 9.88 Å². The quantitative estimate of drug-likeness (QED) is 0.583. The van der Waals surface area contributed by atoms with Gasteiger partial charge in [0.05, 0.1) is 10.0 Å². The lowest BCUT2D eigenvalue weighted by atomic mass is 10.1. The average Bonchev–Trinajstić information content (AvgIpc) is 3.22. The topological polar surface area (TPSA) is 36.4 Å². The van der Waals surface area contributed by atoms with Crippen LogP contribution in [0.1, 0.15) is 36.9 Å². The predicted octanol–water partition coefficient (Wildman–Crippen LogP) is 4.84. The maximum Gasteiger partial charge on any atom is 0.222 e. The first kappa shape index (κ1) is 21.1. The van der Waals surface area contributed by atoms with Gasteiger partial charge in [-0.3, -0.25) is 9.78 Å². The van der Waals surface area contributed by atoms with Crippen LogP contribution in [-0.4, -0.2) is 46.9 Å².